The summed E-state index contributed by atoms with van der Waals surface area (Å²) in [6, 6.07) is 11.4. The summed E-state index contributed by atoms with van der Waals surface area (Å²) in [4.78, 5) is 23.9. The molecule has 0 radical (unpaired) electrons. The first-order valence-electron chi connectivity index (χ1n) is 12.5. The molecule has 5 rings (SSSR count). The van der Waals surface area contributed by atoms with Crippen molar-refractivity contribution >= 4 is 23.5 Å². The average molecular weight is 506 g/mol. The van der Waals surface area contributed by atoms with E-state index in [0.29, 0.717) is 42.2 Å². The summed E-state index contributed by atoms with van der Waals surface area (Å²) in [5, 5.41) is 0.362. The molecule has 2 heterocycles. The van der Waals surface area contributed by atoms with Crippen LogP contribution in [0.5, 0.6) is 0 Å². The Labute approximate surface area is 216 Å². The maximum atomic E-state index is 13.8. The first kappa shape index (κ1) is 24.5. The van der Waals surface area contributed by atoms with Crippen molar-refractivity contribution < 1.29 is 9.53 Å². The zero-order valence-corrected chi connectivity index (χ0v) is 21.0. The summed E-state index contributed by atoms with van der Waals surface area (Å²) in [7, 11) is 0. The fourth-order valence-corrected chi connectivity index (χ4v) is 5.95. The Morgan fingerprint density at radius 1 is 1.06 bits per heavy atom. The Hall–Kier alpha value is -3.16. The molecule has 1 aromatic heterocycles. The number of benzene rings is 1. The molecule has 7 nitrogen and oxygen atoms in total. The topological polar surface area (TPSA) is 107 Å². The van der Waals surface area contributed by atoms with Crippen LogP contribution in [0.25, 0.3) is 0 Å². The Kier molecular flexibility index (Phi) is 7.12. The smallest absolute Gasteiger partial charge is 0.255 e. The van der Waals surface area contributed by atoms with Crippen LogP contribution in [0.3, 0.4) is 0 Å². The minimum atomic E-state index is -0.390. The van der Waals surface area contributed by atoms with Crippen molar-refractivity contribution in [3.63, 3.8) is 0 Å². The van der Waals surface area contributed by atoms with E-state index in [4.69, 9.17) is 27.8 Å². The molecule has 3 aliphatic rings. The quantitative estimate of drug-likeness (QED) is 0.253. The maximum Gasteiger partial charge on any atom is 0.255 e. The van der Waals surface area contributed by atoms with Gasteiger partial charge in [-0.15, -0.1) is 0 Å². The van der Waals surface area contributed by atoms with Gasteiger partial charge in [-0.05, 0) is 60.8 Å². The van der Waals surface area contributed by atoms with Gasteiger partial charge in [-0.1, -0.05) is 60.2 Å². The van der Waals surface area contributed by atoms with Crippen LogP contribution >= 0.6 is 11.6 Å². The van der Waals surface area contributed by atoms with E-state index in [0.717, 1.165) is 36.8 Å². The molecule has 2 aliphatic carbocycles. The SMILES string of the molecule is NC(N)=NCc1ccc(CN(CC23CC=CCC2C2CC=CCC2O3)C(=O)c2ccc(Cl)nc2)cc1. The third kappa shape index (κ3) is 5.18. The number of fused-ring (bicyclic) bond motifs is 3. The van der Waals surface area contributed by atoms with Crippen molar-refractivity contribution in [2.45, 2.75) is 50.5 Å². The van der Waals surface area contributed by atoms with Gasteiger partial charge in [0.05, 0.1) is 30.4 Å². The minimum absolute atomic E-state index is 0.0649. The van der Waals surface area contributed by atoms with Crippen LogP contribution in [0, 0.1) is 11.8 Å². The number of hydrogen-bond acceptors (Lipinski definition) is 4. The van der Waals surface area contributed by atoms with E-state index in [2.05, 4.69) is 34.3 Å². The standard InChI is InChI=1S/C28H32ClN5O2/c29-25-13-12-21(16-32-25)26(35)34(17-20-10-8-19(9-11-20)15-33-27(30)31)18-28-14-4-3-6-23(28)22-5-1-2-7-24(22)36-28/h1-4,8-13,16,22-24H,5-7,14-15,17-18H2,(H4,30,31,33). The first-order valence-corrected chi connectivity index (χ1v) is 12.8. The average Bonchev–Trinajstić information content (AvgIpc) is 3.22. The van der Waals surface area contributed by atoms with E-state index in [-0.39, 0.29) is 23.6 Å². The molecule has 0 bridgehead atoms. The minimum Gasteiger partial charge on any atom is -0.370 e. The van der Waals surface area contributed by atoms with Gasteiger partial charge in [0.25, 0.3) is 5.91 Å². The molecule has 4 N–H and O–H groups in total. The van der Waals surface area contributed by atoms with Gasteiger partial charge in [0.15, 0.2) is 5.96 Å². The lowest BCUT2D eigenvalue weighted by atomic mass is 9.70. The van der Waals surface area contributed by atoms with Crippen LogP contribution < -0.4 is 11.5 Å². The number of aliphatic imine (C=N–C) groups is 1. The van der Waals surface area contributed by atoms with E-state index in [1.54, 1.807) is 18.3 Å². The molecule has 1 aliphatic heterocycles. The van der Waals surface area contributed by atoms with Crippen LogP contribution in [-0.2, 0) is 17.8 Å². The Morgan fingerprint density at radius 3 is 2.56 bits per heavy atom. The molecule has 188 valence electrons. The largest absolute Gasteiger partial charge is 0.370 e. The number of ether oxygens (including phenoxy) is 1. The van der Waals surface area contributed by atoms with Crippen molar-refractivity contribution in [2.24, 2.45) is 28.3 Å². The monoisotopic (exact) mass is 505 g/mol. The van der Waals surface area contributed by atoms with Crippen molar-refractivity contribution in [3.8, 4) is 0 Å². The molecule has 4 atom stereocenters. The van der Waals surface area contributed by atoms with E-state index >= 15 is 0 Å². The Morgan fingerprint density at radius 2 is 1.81 bits per heavy atom. The molecule has 1 amide bonds. The molecular formula is C28H32ClN5O2. The Bertz CT molecular complexity index is 1170. The number of allylic oxidation sites excluding steroid dienone is 2. The van der Waals surface area contributed by atoms with Crippen LogP contribution in [-0.4, -0.2) is 40.0 Å². The number of aromatic nitrogens is 1. The number of carbonyl (C=O) groups is 1. The molecule has 0 saturated carbocycles. The fraction of sp³-hybridized carbons (Fsp3) is 0.393. The predicted octanol–water partition coefficient (Wildman–Crippen LogP) is 4.22. The van der Waals surface area contributed by atoms with Gasteiger partial charge in [0.1, 0.15) is 5.15 Å². The molecule has 4 unspecified atom stereocenters. The molecule has 2 aromatic rings. The highest BCUT2D eigenvalue weighted by atomic mass is 35.5. The molecule has 1 saturated heterocycles. The summed E-state index contributed by atoms with van der Waals surface area (Å²) in [6.07, 6.45) is 14.5. The first-order chi connectivity index (χ1) is 17.4. The maximum absolute atomic E-state index is 13.8. The molecule has 8 heteroatoms. The van der Waals surface area contributed by atoms with E-state index in [9.17, 15) is 4.79 Å². The van der Waals surface area contributed by atoms with E-state index in [1.165, 1.54) is 0 Å². The second-order valence-electron chi connectivity index (χ2n) is 9.93. The molecule has 0 spiro atoms. The lowest BCUT2D eigenvalue weighted by Gasteiger charge is -2.41. The third-order valence-corrected chi connectivity index (χ3v) is 7.80. The van der Waals surface area contributed by atoms with Gasteiger partial charge in [-0.3, -0.25) is 4.79 Å². The van der Waals surface area contributed by atoms with Gasteiger partial charge < -0.3 is 21.1 Å². The van der Waals surface area contributed by atoms with Crippen molar-refractivity contribution in [1.82, 2.24) is 9.88 Å². The third-order valence-electron chi connectivity index (χ3n) is 7.58. The predicted molar refractivity (Wildman–Crippen MR) is 141 cm³/mol. The zero-order chi connectivity index (χ0) is 25.1. The molecule has 1 fully saturated rings. The van der Waals surface area contributed by atoms with Gasteiger partial charge in [0.2, 0.25) is 0 Å². The number of nitrogens with two attached hydrogens (primary N) is 2. The van der Waals surface area contributed by atoms with Crippen LogP contribution in [0.15, 0.2) is 71.9 Å². The lowest BCUT2D eigenvalue weighted by Crippen LogP contribution is -2.50. The number of nitrogens with zero attached hydrogens (tertiary/aromatic N) is 3. The molecular weight excluding hydrogens is 474 g/mol. The molecule has 36 heavy (non-hydrogen) atoms. The van der Waals surface area contributed by atoms with E-state index in [1.807, 2.05) is 29.2 Å². The fourth-order valence-electron chi connectivity index (χ4n) is 5.84. The van der Waals surface area contributed by atoms with Crippen molar-refractivity contribution in [3.05, 3.63) is 88.7 Å². The highest BCUT2D eigenvalue weighted by molar-refractivity contribution is 6.29. The lowest BCUT2D eigenvalue weighted by molar-refractivity contribution is -0.0741. The number of rotatable bonds is 7. The van der Waals surface area contributed by atoms with Crippen LogP contribution in [0.4, 0.5) is 0 Å². The number of carbonyl (C=O) groups excluding carboxylic acids is 1. The second kappa shape index (κ2) is 10.4. The highest BCUT2D eigenvalue weighted by Gasteiger charge is 2.55. The summed E-state index contributed by atoms with van der Waals surface area (Å²) in [5.41, 5.74) is 13.1. The van der Waals surface area contributed by atoms with Crippen molar-refractivity contribution in [1.29, 1.82) is 0 Å². The van der Waals surface area contributed by atoms with Gasteiger partial charge in [-0.25, -0.2) is 9.98 Å². The summed E-state index contributed by atoms with van der Waals surface area (Å²) in [6.45, 7) is 1.40. The number of guanidine groups is 1. The second-order valence-corrected chi connectivity index (χ2v) is 10.3. The van der Waals surface area contributed by atoms with Crippen LogP contribution in [0.2, 0.25) is 5.15 Å². The Balaban J connectivity index is 1.42. The summed E-state index contributed by atoms with van der Waals surface area (Å²) < 4.78 is 6.83. The number of halogens is 1. The van der Waals surface area contributed by atoms with Gasteiger partial charge >= 0.3 is 0 Å². The number of amides is 1. The van der Waals surface area contributed by atoms with Crippen LogP contribution in [0.1, 0.15) is 47.2 Å². The van der Waals surface area contributed by atoms with E-state index < -0.39 is 0 Å². The highest BCUT2D eigenvalue weighted by Crippen LogP contribution is 2.51. The van der Waals surface area contributed by atoms with Crippen molar-refractivity contribution in [2.75, 3.05) is 6.54 Å². The summed E-state index contributed by atoms with van der Waals surface area (Å²) >= 11 is 5.99. The van der Waals surface area contributed by atoms with Gasteiger partial charge in [0, 0.05) is 12.7 Å². The number of hydrogen-bond donors (Lipinski definition) is 2. The molecule has 1 aromatic carbocycles. The number of pyridine rings is 1. The zero-order valence-electron chi connectivity index (χ0n) is 20.2. The van der Waals surface area contributed by atoms with Gasteiger partial charge in [-0.2, -0.15) is 0 Å². The summed E-state index contributed by atoms with van der Waals surface area (Å²) in [5.74, 6) is 0.861. The normalized spacial score (nSPS) is 26.2.